The van der Waals surface area contributed by atoms with Crippen LogP contribution in [0.4, 0.5) is 0 Å². The van der Waals surface area contributed by atoms with Crippen molar-refractivity contribution in [1.29, 1.82) is 0 Å². The number of methoxy groups -OCH3 is 1. The first-order valence-electron chi connectivity index (χ1n) is 5.02. The van der Waals surface area contributed by atoms with Crippen molar-refractivity contribution in [1.82, 2.24) is 4.90 Å². The van der Waals surface area contributed by atoms with Crippen molar-refractivity contribution in [3.8, 4) is 0 Å². The van der Waals surface area contributed by atoms with Gasteiger partial charge >= 0.3 is 5.97 Å². The topological polar surface area (TPSA) is 29.5 Å². The fourth-order valence-electron chi connectivity index (χ4n) is 2.18. The number of rotatable bonds is 2. The van der Waals surface area contributed by atoms with Crippen LogP contribution in [0.1, 0.15) is 10.8 Å². The molecule has 2 heterocycles. The minimum atomic E-state index is -0.0854. The van der Waals surface area contributed by atoms with Gasteiger partial charge in [-0.15, -0.1) is 11.3 Å². The van der Waals surface area contributed by atoms with E-state index >= 15 is 0 Å². The molecule has 0 radical (unpaired) electrons. The van der Waals surface area contributed by atoms with Crippen LogP contribution in [0.2, 0.25) is 0 Å². The zero-order valence-corrected chi connectivity index (χ0v) is 9.79. The number of ether oxygens (including phenoxy) is 1. The lowest BCUT2D eigenvalue weighted by atomic mass is 9.95. The molecule has 0 aliphatic carbocycles. The van der Waals surface area contributed by atoms with E-state index in [4.69, 9.17) is 4.74 Å². The van der Waals surface area contributed by atoms with Gasteiger partial charge in [0.2, 0.25) is 0 Å². The third-order valence-electron chi connectivity index (χ3n) is 2.92. The van der Waals surface area contributed by atoms with Crippen LogP contribution in [0.5, 0.6) is 0 Å². The highest BCUT2D eigenvalue weighted by Gasteiger charge is 2.38. The van der Waals surface area contributed by atoms with Crippen LogP contribution in [0.3, 0.4) is 0 Å². The van der Waals surface area contributed by atoms with E-state index in [2.05, 4.69) is 16.3 Å². The average molecular weight is 225 g/mol. The van der Waals surface area contributed by atoms with Gasteiger partial charge in [0.05, 0.1) is 13.0 Å². The predicted molar refractivity (Wildman–Crippen MR) is 60.1 cm³/mol. The van der Waals surface area contributed by atoms with E-state index in [1.54, 1.807) is 11.3 Å². The number of likely N-dealkylation sites (N-methyl/N-ethyl adjacent to an activating group) is 1. The molecule has 0 amide bonds. The van der Waals surface area contributed by atoms with E-state index in [0.29, 0.717) is 5.92 Å². The highest BCUT2D eigenvalue weighted by atomic mass is 32.1. The van der Waals surface area contributed by atoms with Crippen molar-refractivity contribution < 1.29 is 9.53 Å². The lowest BCUT2D eigenvalue weighted by Crippen LogP contribution is -2.22. The molecule has 1 fully saturated rings. The van der Waals surface area contributed by atoms with Crippen LogP contribution in [-0.2, 0) is 9.53 Å². The molecule has 0 unspecified atom stereocenters. The summed E-state index contributed by atoms with van der Waals surface area (Å²) in [5, 5.41) is 2.06. The van der Waals surface area contributed by atoms with E-state index in [-0.39, 0.29) is 11.9 Å². The Morgan fingerprint density at radius 2 is 2.40 bits per heavy atom. The van der Waals surface area contributed by atoms with Crippen molar-refractivity contribution >= 4 is 17.3 Å². The number of nitrogens with zero attached hydrogens (tertiary/aromatic N) is 1. The second-order valence-electron chi connectivity index (χ2n) is 3.97. The second kappa shape index (κ2) is 4.33. The molecule has 0 saturated carbocycles. The average Bonchev–Trinajstić information content (AvgIpc) is 2.84. The van der Waals surface area contributed by atoms with Crippen LogP contribution in [0.25, 0.3) is 0 Å². The first-order chi connectivity index (χ1) is 7.22. The number of thiophene rings is 1. The van der Waals surface area contributed by atoms with Crippen molar-refractivity contribution in [3.05, 3.63) is 22.4 Å². The van der Waals surface area contributed by atoms with Crippen molar-refractivity contribution in [2.24, 2.45) is 5.92 Å². The first kappa shape index (κ1) is 10.6. The summed E-state index contributed by atoms with van der Waals surface area (Å²) in [6.07, 6.45) is 0. The maximum atomic E-state index is 11.6. The van der Waals surface area contributed by atoms with Gasteiger partial charge in [0.15, 0.2) is 0 Å². The Hall–Kier alpha value is -0.870. The lowest BCUT2D eigenvalue weighted by Gasteiger charge is -2.14. The molecule has 82 valence electrons. The number of hydrogen-bond donors (Lipinski definition) is 0. The summed E-state index contributed by atoms with van der Waals surface area (Å²) < 4.78 is 4.85. The normalized spacial score (nSPS) is 26.8. The van der Waals surface area contributed by atoms with Gasteiger partial charge in [-0.05, 0) is 18.5 Å². The Morgan fingerprint density at radius 3 is 3.00 bits per heavy atom. The fourth-order valence-corrected chi connectivity index (χ4v) is 3.07. The largest absolute Gasteiger partial charge is 0.469 e. The molecule has 2 atom stereocenters. The van der Waals surface area contributed by atoms with Gasteiger partial charge in [0.1, 0.15) is 0 Å². The summed E-state index contributed by atoms with van der Waals surface area (Å²) >= 11 is 1.72. The molecule has 2 rings (SSSR count). The highest BCUT2D eigenvalue weighted by Crippen LogP contribution is 2.34. The number of carbonyl (C=O) groups excluding carboxylic acids is 1. The Morgan fingerprint density at radius 1 is 1.60 bits per heavy atom. The smallest absolute Gasteiger partial charge is 0.310 e. The maximum absolute atomic E-state index is 11.6. The third kappa shape index (κ3) is 2.06. The molecule has 4 heteroatoms. The zero-order valence-electron chi connectivity index (χ0n) is 8.97. The van der Waals surface area contributed by atoms with Gasteiger partial charge in [0.25, 0.3) is 0 Å². The van der Waals surface area contributed by atoms with Crippen LogP contribution < -0.4 is 0 Å². The van der Waals surface area contributed by atoms with Gasteiger partial charge in [-0.2, -0.15) is 0 Å². The van der Waals surface area contributed by atoms with Crippen LogP contribution in [0, 0.1) is 5.92 Å². The van der Waals surface area contributed by atoms with E-state index < -0.39 is 0 Å². The van der Waals surface area contributed by atoms with E-state index in [1.807, 2.05) is 13.1 Å². The minimum Gasteiger partial charge on any atom is -0.469 e. The molecule has 1 aromatic rings. The highest BCUT2D eigenvalue weighted by molar-refractivity contribution is 7.10. The molecular formula is C11H15NO2S. The fraction of sp³-hybridized carbons (Fsp3) is 0.545. The van der Waals surface area contributed by atoms with Crippen LogP contribution in [-0.4, -0.2) is 38.1 Å². The molecule has 0 bridgehead atoms. The lowest BCUT2D eigenvalue weighted by molar-refractivity contribution is -0.145. The molecule has 1 aliphatic heterocycles. The number of hydrogen-bond acceptors (Lipinski definition) is 4. The minimum absolute atomic E-state index is 0.00125. The third-order valence-corrected chi connectivity index (χ3v) is 3.92. The van der Waals surface area contributed by atoms with Gasteiger partial charge in [-0.3, -0.25) is 4.79 Å². The van der Waals surface area contributed by atoms with Crippen molar-refractivity contribution in [2.45, 2.75) is 5.92 Å². The predicted octanol–water partition coefficient (Wildman–Crippen LogP) is 1.57. The van der Waals surface area contributed by atoms with E-state index in [9.17, 15) is 4.79 Å². The molecule has 0 spiro atoms. The summed E-state index contributed by atoms with van der Waals surface area (Å²) in [6, 6.07) is 4.14. The molecule has 0 N–H and O–H groups in total. The SMILES string of the molecule is COC(=O)[C@@H]1CN(C)C[C@H]1c1cccs1. The molecular weight excluding hydrogens is 210 g/mol. The van der Waals surface area contributed by atoms with Crippen LogP contribution >= 0.6 is 11.3 Å². The van der Waals surface area contributed by atoms with E-state index in [1.165, 1.54) is 12.0 Å². The van der Waals surface area contributed by atoms with Gasteiger partial charge < -0.3 is 9.64 Å². The molecule has 3 nitrogen and oxygen atoms in total. The molecule has 1 saturated heterocycles. The summed E-state index contributed by atoms with van der Waals surface area (Å²) in [5.41, 5.74) is 0. The Bertz CT molecular complexity index is 336. The first-order valence-corrected chi connectivity index (χ1v) is 5.90. The number of likely N-dealkylation sites (tertiary alicyclic amines) is 1. The molecule has 1 aliphatic rings. The zero-order chi connectivity index (χ0) is 10.8. The number of carbonyl (C=O) groups is 1. The van der Waals surface area contributed by atoms with Crippen LogP contribution in [0.15, 0.2) is 17.5 Å². The quantitative estimate of drug-likeness (QED) is 0.715. The monoisotopic (exact) mass is 225 g/mol. The molecule has 15 heavy (non-hydrogen) atoms. The summed E-state index contributed by atoms with van der Waals surface area (Å²) in [6.45, 7) is 1.75. The van der Waals surface area contributed by atoms with Gasteiger partial charge in [-0.1, -0.05) is 6.07 Å². The standard InChI is InChI=1S/C11H15NO2S/c1-12-6-8(10-4-3-5-15-10)9(7-12)11(13)14-2/h3-5,8-9H,6-7H2,1-2H3/t8-,9-/m1/s1. The molecule has 0 aromatic carbocycles. The summed E-state index contributed by atoms with van der Waals surface area (Å²) in [4.78, 5) is 15.1. The summed E-state index contributed by atoms with van der Waals surface area (Å²) in [5.74, 6) is 0.221. The second-order valence-corrected chi connectivity index (χ2v) is 4.95. The van der Waals surface area contributed by atoms with Gasteiger partial charge in [0, 0.05) is 23.9 Å². The van der Waals surface area contributed by atoms with Gasteiger partial charge in [-0.25, -0.2) is 0 Å². The Balaban J connectivity index is 2.19. The summed E-state index contributed by atoms with van der Waals surface area (Å²) in [7, 11) is 3.51. The Labute approximate surface area is 93.7 Å². The van der Waals surface area contributed by atoms with E-state index in [0.717, 1.165) is 13.1 Å². The Kier molecular flexibility index (Phi) is 3.07. The number of esters is 1. The van der Waals surface area contributed by atoms with Crippen molar-refractivity contribution in [2.75, 3.05) is 27.2 Å². The maximum Gasteiger partial charge on any atom is 0.310 e. The van der Waals surface area contributed by atoms with Crippen molar-refractivity contribution in [3.63, 3.8) is 0 Å². The molecule has 1 aromatic heterocycles.